The van der Waals surface area contributed by atoms with Crippen LogP contribution in [-0.2, 0) is 14.8 Å². The summed E-state index contributed by atoms with van der Waals surface area (Å²) in [4.78, 5) is 36.6. The molecular weight excluding hydrogens is 450 g/mol. The molecule has 166 valence electrons. The summed E-state index contributed by atoms with van der Waals surface area (Å²) in [6, 6.07) is 2.37. The number of hydrogen-bond donors (Lipinski definition) is 2. The summed E-state index contributed by atoms with van der Waals surface area (Å²) >= 11 is 6.14. The van der Waals surface area contributed by atoms with Crippen LogP contribution in [-0.4, -0.2) is 60.9 Å². The predicted octanol–water partition coefficient (Wildman–Crippen LogP) is 0.779. The van der Waals surface area contributed by atoms with E-state index in [2.05, 4.69) is 5.32 Å². The lowest BCUT2D eigenvalue weighted by Crippen LogP contribution is -2.53. The number of piperazine rings is 1. The molecule has 0 spiro atoms. The number of anilines is 2. The number of sulfonamides is 1. The normalized spacial score (nSPS) is 19.6. The maximum Gasteiger partial charge on any atom is 0.272 e. The number of amides is 1. The Morgan fingerprint density at radius 2 is 1.97 bits per heavy atom. The number of rotatable bonds is 6. The van der Waals surface area contributed by atoms with Crippen LogP contribution in [0.5, 0.6) is 11.5 Å². The Balaban J connectivity index is 1.66. The van der Waals surface area contributed by atoms with Crippen LogP contribution in [0.2, 0.25) is 5.02 Å². The van der Waals surface area contributed by atoms with Crippen molar-refractivity contribution in [3.63, 3.8) is 0 Å². The number of hydrogen-bond acceptors (Lipinski definition) is 8. The van der Waals surface area contributed by atoms with E-state index in [0.717, 1.165) is 0 Å². The number of benzene rings is 1. The minimum absolute atomic E-state index is 0.00668. The zero-order valence-corrected chi connectivity index (χ0v) is 18.1. The number of nitrogens with zero attached hydrogens (tertiary/aromatic N) is 2. The monoisotopic (exact) mass is 469 g/mol. The Morgan fingerprint density at radius 3 is 2.68 bits per heavy atom. The summed E-state index contributed by atoms with van der Waals surface area (Å²) in [7, 11) is -4.20. The number of fused-ring (bicyclic) bond motifs is 1. The summed E-state index contributed by atoms with van der Waals surface area (Å²) in [5, 5.41) is 13.1. The van der Waals surface area contributed by atoms with Crippen molar-refractivity contribution in [2.45, 2.75) is 30.7 Å². The fourth-order valence-electron chi connectivity index (χ4n) is 3.98. The highest BCUT2D eigenvalue weighted by Crippen LogP contribution is 2.41. The molecule has 2 aromatic rings. The van der Waals surface area contributed by atoms with Gasteiger partial charge in [-0.3, -0.25) is 14.4 Å². The minimum Gasteiger partial charge on any atom is -0.504 e. The molecule has 4 rings (SSSR count). The highest BCUT2D eigenvalue weighted by atomic mass is 35.5. The second kappa shape index (κ2) is 7.81. The molecule has 0 aromatic heterocycles. The van der Waals surface area contributed by atoms with E-state index >= 15 is 0 Å². The topological polar surface area (TPSA) is 133 Å². The fraction of sp³-hybridized carbons (Fsp3) is 0.421. The maximum absolute atomic E-state index is 13.3. The molecule has 0 aliphatic carbocycles. The first-order valence-electron chi connectivity index (χ1n) is 9.71. The number of nitrogens with one attached hydrogen (secondary N) is 1. The van der Waals surface area contributed by atoms with E-state index in [4.69, 9.17) is 16.3 Å². The van der Waals surface area contributed by atoms with Crippen LogP contribution in [0.4, 0.5) is 11.4 Å². The largest absolute Gasteiger partial charge is 0.504 e. The average molecular weight is 470 g/mol. The van der Waals surface area contributed by atoms with E-state index in [1.54, 1.807) is 11.8 Å². The molecule has 31 heavy (non-hydrogen) atoms. The van der Waals surface area contributed by atoms with Gasteiger partial charge in [-0.2, -0.15) is 4.31 Å². The van der Waals surface area contributed by atoms with Crippen molar-refractivity contribution in [2.24, 2.45) is 0 Å². The zero-order valence-electron chi connectivity index (χ0n) is 16.6. The average Bonchev–Trinajstić information content (AvgIpc) is 3.12. The second-order valence-corrected chi connectivity index (χ2v) is 9.62. The van der Waals surface area contributed by atoms with Gasteiger partial charge >= 0.3 is 0 Å². The lowest BCUT2D eigenvalue weighted by molar-refractivity contribution is -0.130. The molecule has 2 saturated heterocycles. The van der Waals surface area contributed by atoms with E-state index < -0.39 is 31.5 Å². The van der Waals surface area contributed by atoms with Crippen molar-refractivity contribution < 1.29 is 23.1 Å². The molecule has 1 unspecified atom stereocenters. The molecule has 0 saturated carbocycles. The van der Waals surface area contributed by atoms with Crippen molar-refractivity contribution >= 4 is 38.9 Å². The molecule has 2 aliphatic heterocycles. The van der Waals surface area contributed by atoms with Crippen LogP contribution >= 0.6 is 11.6 Å². The number of halogens is 1. The summed E-state index contributed by atoms with van der Waals surface area (Å²) < 4.78 is 32.9. The van der Waals surface area contributed by atoms with Crippen LogP contribution in [0.15, 0.2) is 26.6 Å². The fourth-order valence-corrected chi connectivity index (χ4v) is 6.04. The molecule has 2 heterocycles. The third-order valence-corrected chi connectivity index (χ3v) is 7.92. The number of aromatic hydroxyl groups is 1. The molecule has 2 fully saturated rings. The maximum atomic E-state index is 13.3. The van der Waals surface area contributed by atoms with Gasteiger partial charge in [-0.05, 0) is 25.5 Å². The van der Waals surface area contributed by atoms with Crippen LogP contribution in [0.25, 0.3) is 0 Å². The molecule has 2 N–H and O–H groups in total. The van der Waals surface area contributed by atoms with Crippen molar-refractivity contribution in [3.8, 4) is 11.5 Å². The summed E-state index contributed by atoms with van der Waals surface area (Å²) in [6.45, 7) is 2.24. The van der Waals surface area contributed by atoms with Crippen molar-refractivity contribution in [1.29, 1.82) is 0 Å². The summed E-state index contributed by atoms with van der Waals surface area (Å²) in [5.74, 6) is -0.839. The van der Waals surface area contributed by atoms with Crippen LogP contribution in [0.1, 0.15) is 19.8 Å². The molecule has 1 amide bonds. The Hall–Kier alpha value is -2.63. The second-order valence-electron chi connectivity index (χ2n) is 7.34. The van der Waals surface area contributed by atoms with Gasteiger partial charge in [0, 0.05) is 32.1 Å². The molecule has 2 aliphatic rings. The van der Waals surface area contributed by atoms with E-state index in [-0.39, 0.29) is 60.3 Å². The Labute approximate surface area is 182 Å². The molecule has 0 radical (unpaired) electrons. The van der Waals surface area contributed by atoms with Gasteiger partial charge in [0.15, 0.2) is 11.5 Å². The van der Waals surface area contributed by atoms with Crippen molar-refractivity contribution in [2.75, 3.05) is 31.6 Å². The first-order chi connectivity index (χ1) is 14.7. The lowest BCUT2D eigenvalue weighted by Gasteiger charge is -2.36. The highest BCUT2D eigenvalue weighted by molar-refractivity contribution is 7.89. The number of carbonyl (C=O) groups is 1. The first kappa shape index (κ1) is 21.6. The van der Waals surface area contributed by atoms with Crippen LogP contribution < -0.4 is 20.9 Å². The highest BCUT2D eigenvalue weighted by Gasteiger charge is 2.41. The summed E-state index contributed by atoms with van der Waals surface area (Å²) in [6.07, 6.45) is 0.949. The third kappa shape index (κ3) is 3.46. The Kier molecular flexibility index (Phi) is 5.44. The van der Waals surface area contributed by atoms with Gasteiger partial charge in [-0.25, -0.2) is 8.42 Å². The lowest BCUT2D eigenvalue weighted by atomic mass is 10.2. The van der Waals surface area contributed by atoms with Gasteiger partial charge in [-0.15, -0.1) is 0 Å². The first-order valence-corrected chi connectivity index (χ1v) is 11.5. The van der Waals surface area contributed by atoms with Gasteiger partial charge < -0.3 is 20.1 Å². The number of phenolic OH excluding ortho intramolecular Hbond substituents is 1. The molecule has 2 aromatic carbocycles. The molecule has 0 bridgehead atoms. The zero-order chi connectivity index (χ0) is 22.5. The quantitative estimate of drug-likeness (QED) is 0.468. The third-order valence-electron chi connectivity index (χ3n) is 5.55. The van der Waals surface area contributed by atoms with Gasteiger partial charge in [0.25, 0.3) is 10.9 Å². The number of carbonyl (C=O) groups excluding carboxylic acids is 1. The van der Waals surface area contributed by atoms with E-state index in [1.165, 1.54) is 16.4 Å². The number of ether oxygens (including phenoxy) is 1. The molecule has 12 heteroatoms. The summed E-state index contributed by atoms with van der Waals surface area (Å²) in [5.41, 5.74) is -1.89. The van der Waals surface area contributed by atoms with E-state index in [1.807, 2.05) is 0 Å². The van der Waals surface area contributed by atoms with Gasteiger partial charge in [0.05, 0.1) is 17.3 Å². The molecule has 10 nitrogen and oxygen atoms in total. The van der Waals surface area contributed by atoms with Gasteiger partial charge in [0.1, 0.15) is 10.6 Å². The van der Waals surface area contributed by atoms with Crippen molar-refractivity contribution in [3.05, 3.63) is 37.6 Å². The number of phenols is 1. The van der Waals surface area contributed by atoms with E-state index in [0.29, 0.717) is 12.8 Å². The van der Waals surface area contributed by atoms with E-state index in [9.17, 15) is 27.9 Å². The molecular formula is C19H20ClN3O7S. The van der Waals surface area contributed by atoms with Crippen molar-refractivity contribution in [1.82, 2.24) is 9.21 Å². The minimum atomic E-state index is -4.20. The smallest absolute Gasteiger partial charge is 0.272 e. The Morgan fingerprint density at radius 1 is 1.23 bits per heavy atom. The Bertz CT molecular complexity index is 1240. The SMILES string of the molecule is CCOc1c(Nc2ccc(Cl)c(S(=O)(=O)N3CCN4C(=O)CCC4C3)c2O)c(=O)c1=O. The van der Waals surface area contributed by atoms with Gasteiger partial charge in [0.2, 0.25) is 15.9 Å². The predicted molar refractivity (Wildman–Crippen MR) is 112 cm³/mol. The molecule has 1 atom stereocenters. The van der Waals surface area contributed by atoms with Crippen LogP contribution in [0, 0.1) is 0 Å². The van der Waals surface area contributed by atoms with Crippen LogP contribution in [0.3, 0.4) is 0 Å². The van der Waals surface area contributed by atoms with Gasteiger partial charge in [-0.1, -0.05) is 11.6 Å². The standard InChI is InChI=1S/C19H20ClN3O7S/c1-2-30-18-14(16(26)17(18)27)21-12-5-4-11(20)19(15(12)25)31(28,29)22-7-8-23-10(9-22)3-6-13(23)24/h4-5,10,21,25H,2-3,6-9H2,1H3.